The van der Waals surface area contributed by atoms with E-state index in [0.29, 0.717) is 24.4 Å². The summed E-state index contributed by atoms with van der Waals surface area (Å²) in [6.07, 6.45) is 0. The van der Waals surface area contributed by atoms with E-state index in [1.165, 1.54) is 36.0 Å². The fourth-order valence-electron chi connectivity index (χ4n) is 3.41. The Labute approximate surface area is 195 Å². The van der Waals surface area contributed by atoms with Crippen molar-refractivity contribution < 1.29 is 22.7 Å². The average Bonchev–Trinajstić information content (AvgIpc) is 2.91. The maximum atomic E-state index is 13.2. The van der Waals surface area contributed by atoms with E-state index in [1.807, 2.05) is 24.3 Å². The van der Waals surface area contributed by atoms with Crippen LogP contribution in [-0.2, 0) is 14.8 Å². The lowest BCUT2D eigenvalue weighted by Crippen LogP contribution is -2.33. The lowest BCUT2D eigenvalue weighted by atomic mass is 10.1. The first-order valence-corrected chi connectivity index (χ1v) is 12.3. The molecule has 0 bridgehead atoms. The van der Waals surface area contributed by atoms with Crippen LogP contribution in [0.4, 0.5) is 11.4 Å². The van der Waals surface area contributed by atoms with Crippen LogP contribution >= 0.6 is 11.8 Å². The highest BCUT2D eigenvalue weighted by atomic mass is 32.2. The molecule has 1 aliphatic heterocycles. The number of nitrogens with zero attached hydrogens (tertiary/aromatic N) is 1. The number of nitrogens with one attached hydrogen (secondary N) is 1. The summed E-state index contributed by atoms with van der Waals surface area (Å²) in [6.45, 7) is 0.768. The molecular formula is C23H21N3O5S2. The van der Waals surface area contributed by atoms with E-state index in [-0.39, 0.29) is 16.4 Å². The van der Waals surface area contributed by atoms with Crippen LogP contribution in [-0.4, -0.2) is 40.5 Å². The van der Waals surface area contributed by atoms with Crippen molar-refractivity contribution in [3.05, 3.63) is 77.9 Å². The third-order valence-corrected chi connectivity index (χ3v) is 7.11. The van der Waals surface area contributed by atoms with Gasteiger partial charge in [0, 0.05) is 34.7 Å². The topological polar surface area (TPSA) is 119 Å². The predicted molar refractivity (Wildman–Crippen MR) is 126 cm³/mol. The number of nitrogens with two attached hydrogens (primary N) is 1. The van der Waals surface area contributed by atoms with Crippen molar-refractivity contribution in [2.24, 2.45) is 5.14 Å². The van der Waals surface area contributed by atoms with E-state index in [4.69, 9.17) is 9.88 Å². The van der Waals surface area contributed by atoms with Gasteiger partial charge in [0.15, 0.2) is 0 Å². The molecule has 0 aromatic heterocycles. The number of rotatable bonds is 6. The Morgan fingerprint density at radius 1 is 1.06 bits per heavy atom. The Morgan fingerprint density at radius 2 is 1.79 bits per heavy atom. The summed E-state index contributed by atoms with van der Waals surface area (Å²) >= 11 is 1.45. The molecule has 0 unspecified atom stereocenters. The fraction of sp³-hybridized carbons (Fsp3) is 0.130. The molecule has 2 amide bonds. The lowest BCUT2D eigenvalue weighted by Gasteiger charge is -2.23. The first kappa shape index (κ1) is 23.0. The molecule has 0 atom stereocenters. The van der Waals surface area contributed by atoms with Gasteiger partial charge in [0.1, 0.15) is 0 Å². The van der Waals surface area contributed by atoms with E-state index in [9.17, 15) is 18.0 Å². The standard InChI is InChI=1S/C23H21N3O5S2/c1-31-13-12-26-19-11-8-16(14-21(19)32-20-5-3-2-4-18(20)23(26)28)25-22(27)15-6-9-17(10-7-15)33(24,29)30/h2-11,14H,12-13H2,1H3,(H,25,27)(H2,24,29,30). The number of primary sulfonamides is 1. The van der Waals surface area contributed by atoms with Crippen molar-refractivity contribution >= 4 is 45.0 Å². The predicted octanol–water partition coefficient (Wildman–Crippen LogP) is 3.34. The van der Waals surface area contributed by atoms with Crippen LogP contribution in [0.2, 0.25) is 0 Å². The van der Waals surface area contributed by atoms with Gasteiger partial charge in [0.2, 0.25) is 10.0 Å². The average molecular weight is 484 g/mol. The van der Waals surface area contributed by atoms with Crippen LogP contribution in [0.3, 0.4) is 0 Å². The molecule has 0 fully saturated rings. The first-order chi connectivity index (χ1) is 15.8. The molecule has 3 aromatic carbocycles. The first-order valence-electron chi connectivity index (χ1n) is 9.94. The molecular weight excluding hydrogens is 462 g/mol. The molecule has 4 rings (SSSR count). The molecule has 170 valence electrons. The van der Waals surface area contributed by atoms with Crippen LogP contribution in [0.5, 0.6) is 0 Å². The highest BCUT2D eigenvalue weighted by Crippen LogP contribution is 2.42. The second-order valence-electron chi connectivity index (χ2n) is 7.25. The highest BCUT2D eigenvalue weighted by Gasteiger charge is 2.27. The summed E-state index contributed by atoms with van der Waals surface area (Å²) in [4.78, 5) is 29.1. The molecule has 0 radical (unpaired) electrons. The molecule has 0 spiro atoms. The Bertz CT molecular complexity index is 1320. The molecule has 10 heteroatoms. The second kappa shape index (κ2) is 9.36. The molecule has 0 saturated carbocycles. The van der Waals surface area contributed by atoms with E-state index in [1.54, 1.807) is 30.2 Å². The number of carbonyl (C=O) groups excluding carboxylic acids is 2. The molecule has 8 nitrogen and oxygen atoms in total. The van der Waals surface area contributed by atoms with Gasteiger partial charge in [-0.15, -0.1) is 0 Å². The number of sulfonamides is 1. The number of carbonyl (C=O) groups is 2. The van der Waals surface area contributed by atoms with Gasteiger partial charge in [-0.2, -0.15) is 0 Å². The summed E-state index contributed by atoms with van der Waals surface area (Å²) in [5, 5.41) is 7.92. The Morgan fingerprint density at radius 3 is 2.48 bits per heavy atom. The quantitative estimate of drug-likeness (QED) is 0.555. The number of hydrogen-bond acceptors (Lipinski definition) is 6. The van der Waals surface area contributed by atoms with Gasteiger partial charge in [0.25, 0.3) is 11.8 Å². The number of ether oxygens (including phenoxy) is 1. The van der Waals surface area contributed by atoms with Crippen LogP contribution < -0.4 is 15.4 Å². The second-order valence-corrected chi connectivity index (χ2v) is 9.90. The number of benzene rings is 3. The molecule has 3 aromatic rings. The van der Waals surface area contributed by atoms with E-state index in [0.717, 1.165) is 15.5 Å². The van der Waals surface area contributed by atoms with Crippen molar-refractivity contribution in [3.8, 4) is 0 Å². The Balaban J connectivity index is 1.64. The van der Waals surface area contributed by atoms with Crippen molar-refractivity contribution in [1.29, 1.82) is 0 Å². The molecule has 1 aliphatic rings. The van der Waals surface area contributed by atoms with E-state index < -0.39 is 15.9 Å². The smallest absolute Gasteiger partial charge is 0.259 e. The van der Waals surface area contributed by atoms with Crippen LogP contribution in [0, 0.1) is 0 Å². The van der Waals surface area contributed by atoms with Crippen LogP contribution in [0.1, 0.15) is 20.7 Å². The molecule has 0 saturated heterocycles. The zero-order chi connectivity index (χ0) is 23.6. The molecule has 0 aliphatic carbocycles. The normalized spacial score (nSPS) is 13.2. The monoisotopic (exact) mass is 483 g/mol. The maximum absolute atomic E-state index is 13.2. The van der Waals surface area contributed by atoms with Gasteiger partial charge in [-0.1, -0.05) is 23.9 Å². The number of methoxy groups -OCH3 is 1. The minimum Gasteiger partial charge on any atom is -0.383 e. The zero-order valence-corrected chi connectivity index (χ0v) is 19.3. The third kappa shape index (κ3) is 4.93. The fourth-order valence-corrected chi connectivity index (χ4v) is 5.04. The van der Waals surface area contributed by atoms with Crippen molar-refractivity contribution in [2.75, 3.05) is 30.5 Å². The summed E-state index contributed by atoms with van der Waals surface area (Å²) in [7, 11) is -2.25. The largest absolute Gasteiger partial charge is 0.383 e. The van der Waals surface area contributed by atoms with Crippen molar-refractivity contribution in [3.63, 3.8) is 0 Å². The van der Waals surface area contributed by atoms with Gasteiger partial charge >= 0.3 is 0 Å². The van der Waals surface area contributed by atoms with Crippen molar-refractivity contribution in [1.82, 2.24) is 0 Å². The number of hydrogen-bond donors (Lipinski definition) is 2. The summed E-state index contributed by atoms with van der Waals surface area (Å²) < 4.78 is 28.0. The van der Waals surface area contributed by atoms with E-state index in [2.05, 4.69) is 5.32 Å². The van der Waals surface area contributed by atoms with Gasteiger partial charge in [-0.25, -0.2) is 13.6 Å². The van der Waals surface area contributed by atoms with Gasteiger partial charge in [-0.05, 0) is 54.6 Å². The highest BCUT2D eigenvalue weighted by molar-refractivity contribution is 7.99. The molecule has 33 heavy (non-hydrogen) atoms. The minimum absolute atomic E-state index is 0.0695. The van der Waals surface area contributed by atoms with Crippen LogP contribution in [0.25, 0.3) is 0 Å². The van der Waals surface area contributed by atoms with Gasteiger partial charge in [0.05, 0.1) is 22.8 Å². The number of anilines is 2. The Hall–Kier alpha value is -3.18. The Kier molecular flexibility index (Phi) is 6.52. The summed E-state index contributed by atoms with van der Waals surface area (Å²) in [5.74, 6) is -0.511. The van der Waals surface area contributed by atoms with E-state index >= 15 is 0 Å². The van der Waals surface area contributed by atoms with Gasteiger partial charge in [-0.3, -0.25) is 9.59 Å². The minimum atomic E-state index is -3.83. The zero-order valence-electron chi connectivity index (χ0n) is 17.6. The summed E-state index contributed by atoms with van der Waals surface area (Å²) in [6, 6.07) is 18.1. The lowest BCUT2D eigenvalue weighted by molar-refractivity contribution is 0.0972. The maximum Gasteiger partial charge on any atom is 0.259 e. The SMILES string of the molecule is COCCN1C(=O)c2ccccc2Sc2cc(NC(=O)c3ccc(S(N)(=O)=O)cc3)ccc21. The molecule has 1 heterocycles. The molecule has 3 N–H and O–H groups in total. The number of fused-ring (bicyclic) bond motifs is 2. The van der Waals surface area contributed by atoms with Gasteiger partial charge < -0.3 is 15.0 Å². The third-order valence-electron chi connectivity index (χ3n) is 5.06. The van der Waals surface area contributed by atoms with Crippen LogP contribution in [0.15, 0.2) is 81.4 Å². The number of amides is 2. The van der Waals surface area contributed by atoms with Crippen molar-refractivity contribution in [2.45, 2.75) is 14.7 Å². The summed E-state index contributed by atoms with van der Waals surface area (Å²) in [5.41, 5.74) is 2.16.